The molecular weight excluding hydrogens is 262 g/mol. The van der Waals surface area contributed by atoms with Crippen molar-refractivity contribution in [2.24, 2.45) is 0 Å². The zero-order valence-electron chi connectivity index (χ0n) is 11.9. The predicted octanol–water partition coefficient (Wildman–Crippen LogP) is 4.42. The number of anilines is 1. The monoisotopic (exact) mass is 280 g/mol. The van der Waals surface area contributed by atoms with E-state index in [4.69, 9.17) is 0 Å². The fourth-order valence-electron chi connectivity index (χ4n) is 3.05. The summed E-state index contributed by atoms with van der Waals surface area (Å²) in [5, 5.41) is 0. The smallest absolute Gasteiger partial charge is 0.185 e. The highest BCUT2D eigenvalue weighted by atomic mass is 32.2. The van der Waals surface area contributed by atoms with Gasteiger partial charge in [-0.05, 0) is 43.2 Å². The highest BCUT2D eigenvalue weighted by Crippen LogP contribution is 2.45. The molecule has 4 rings (SSSR count). The molecule has 2 aromatic rings. The van der Waals surface area contributed by atoms with E-state index in [-0.39, 0.29) is 11.1 Å². The first kappa shape index (κ1) is 12.1. The molecule has 2 heteroatoms. The van der Waals surface area contributed by atoms with Crippen LogP contribution in [-0.4, -0.2) is 12.3 Å². The Morgan fingerprint density at radius 1 is 0.850 bits per heavy atom. The first-order chi connectivity index (χ1) is 9.75. The second-order valence-corrected chi connectivity index (χ2v) is 7.52. The zero-order chi connectivity index (χ0) is 13.7. The molecule has 2 aromatic carbocycles. The number of fused-ring (bicyclic) bond motifs is 6. The van der Waals surface area contributed by atoms with E-state index in [1.54, 1.807) is 5.57 Å². The molecule has 0 bridgehead atoms. The highest BCUT2D eigenvalue weighted by Gasteiger charge is 2.42. The summed E-state index contributed by atoms with van der Waals surface area (Å²) in [5.41, 5.74) is 7.32. The van der Waals surface area contributed by atoms with Gasteiger partial charge in [-0.25, -0.2) is 0 Å². The Labute approximate surface area is 123 Å². The number of hydrogen-bond donors (Lipinski definition) is 0. The molecule has 1 nitrogen and oxygen atoms in total. The number of para-hydroxylation sites is 1. The van der Waals surface area contributed by atoms with Gasteiger partial charge in [0, 0.05) is 11.1 Å². The third-order valence-electron chi connectivity index (χ3n) is 4.33. The average Bonchev–Trinajstić information content (AvgIpc) is 2.49. The molecule has 0 saturated carbocycles. The summed E-state index contributed by atoms with van der Waals surface area (Å²) in [6.07, 6.45) is 0. The van der Waals surface area contributed by atoms with Crippen molar-refractivity contribution in [3.63, 3.8) is 0 Å². The molecule has 0 N–H and O–H groups in total. The molecular formula is C18H18NS+. The zero-order valence-corrected chi connectivity index (χ0v) is 12.7. The van der Waals surface area contributed by atoms with E-state index in [1.165, 1.54) is 33.0 Å². The standard InChI is InChI=1S/C18H18NS/c1-13-11-19-17-9-5-3-7-15(17)16-8-4-6-10-18(16)20(19)12-14(13)2/h3-10H,11-12H2,1-2H3/q+1. The second kappa shape index (κ2) is 4.42. The van der Waals surface area contributed by atoms with Crippen molar-refractivity contribution in [3.05, 3.63) is 59.7 Å². The summed E-state index contributed by atoms with van der Waals surface area (Å²) < 4.78 is 2.61. The van der Waals surface area contributed by atoms with Gasteiger partial charge in [0.05, 0.1) is 12.2 Å². The van der Waals surface area contributed by atoms with Crippen molar-refractivity contribution in [1.29, 1.82) is 0 Å². The lowest BCUT2D eigenvalue weighted by Crippen LogP contribution is -2.41. The van der Waals surface area contributed by atoms with E-state index in [2.05, 4.69) is 66.7 Å². The van der Waals surface area contributed by atoms with Crippen molar-refractivity contribution in [1.82, 2.24) is 0 Å². The SMILES string of the molecule is CC1=C(C)C[S+]2c3ccccc3-c3ccccc3N2C1. The molecule has 0 amide bonds. The Balaban J connectivity index is 1.98. The van der Waals surface area contributed by atoms with Crippen LogP contribution in [0.3, 0.4) is 0 Å². The topological polar surface area (TPSA) is 3.24 Å². The Hall–Kier alpha value is -1.67. The molecule has 20 heavy (non-hydrogen) atoms. The maximum Gasteiger partial charge on any atom is 0.189 e. The average molecular weight is 280 g/mol. The van der Waals surface area contributed by atoms with E-state index < -0.39 is 0 Å². The Bertz CT molecular complexity index is 655. The second-order valence-electron chi connectivity index (χ2n) is 5.62. The van der Waals surface area contributed by atoms with Crippen LogP contribution in [0.15, 0.2) is 64.6 Å². The molecule has 0 fully saturated rings. The summed E-state index contributed by atoms with van der Waals surface area (Å²) in [6, 6.07) is 17.8. The Kier molecular flexibility index (Phi) is 2.67. The fourth-order valence-corrected chi connectivity index (χ4v) is 5.67. The minimum Gasteiger partial charge on any atom is -0.185 e. The summed E-state index contributed by atoms with van der Waals surface area (Å²) >= 11 is 0.186. The van der Waals surface area contributed by atoms with Gasteiger partial charge < -0.3 is 0 Å². The lowest BCUT2D eigenvalue weighted by Gasteiger charge is -2.34. The third-order valence-corrected chi connectivity index (χ3v) is 6.76. The summed E-state index contributed by atoms with van der Waals surface area (Å²) in [7, 11) is 0. The minimum atomic E-state index is 0.186. The van der Waals surface area contributed by atoms with Crippen molar-refractivity contribution in [3.8, 4) is 11.1 Å². The van der Waals surface area contributed by atoms with Crippen LogP contribution in [0.5, 0.6) is 0 Å². The molecule has 100 valence electrons. The van der Waals surface area contributed by atoms with E-state index in [0.29, 0.717) is 0 Å². The molecule has 0 aromatic heterocycles. The van der Waals surface area contributed by atoms with Crippen molar-refractivity contribution in [2.75, 3.05) is 16.6 Å². The number of rotatable bonds is 0. The first-order valence-corrected chi connectivity index (χ1v) is 8.43. The van der Waals surface area contributed by atoms with E-state index in [9.17, 15) is 0 Å². The van der Waals surface area contributed by atoms with Crippen LogP contribution in [0.4, 0.5) is 5.69 Å². The molecule has 0 spiro atoms. The van der Waals surface area contributed by atoms with Gasteiger partial charge in [0.15, 0.2) is 10.6 Å². The van der Waals surface area contributed by atoms with Gasteiger partial charge >= 0.3 is 0 Å². The van der Waals surface area contributed by atoms with Gasteiger partial charge in [-0.15, -0.1) is 0 Å². The molecule has 0 saturated heterocycles. The lowest BCUT2D eigenvalue weighted by molar-refractivity contribution is 1.03. The first-order valence-electron chi connectivity index (χ1n) is 7.08. The Morgan fingerprint density at radius 3 is 2.40 bits per heavy atom. The molecule has 2 heterocycles. The number of benzene rings is 2. The maximum atomic E-state index is 2.61. The third kappa shape index (κ3) is 1.64. The summed E-state index contributed by atoms with van der Waals surface area (Å²) in [6.45, 7) is 5.64. The molecule has 0 radical (unpaired) electrons. The quantitative estimate of drug-likeness (QED) is 0.510. The molecule has 2 aliphatic heterocycles. The molecule has 1 unspecified atom stereocenters. The lowest BCUT2D eigenvalue weighted by atomic mass is 10.0. The van der Waals surface area contributed by atoms with Gasteiger partial charge in [0.1, 0.15) is 11.1 Å². The summed E-state index contributed by atoms with van der Waals surface area (Å²) in [5.74, 6) is 1.18. The van der Waals surface area contributed by atoms with Gasteiger partial charge in [0.25, 0.3) is 0 Å². The van der Waals surface area contributed by atoms with Crippen LogP contribution >= 0.6 is 0 Å². The maximum absolute atomic E-state index is 2.61. The summed E-state index contributed by atoms with van der Waals surface area (Å²) in [4.78, 5) is 1.51. The molecule has 2 aliphatic rings. The van der Waals surface area contributed by atoms with Crippen molar-refractivity contribution in [2.45, 2.75) is 18.7 Å². The van der Waals surface area contributed by atoms with Gasteiger partial charge in [-0.1, -0.05) is 30.3 Å². The van der Waals surface area contributed by atoms with Crippen LogP contribution in [0.2, 0.25) is 0 Å². The van der Waals surface area contributed by atoms with Crippen LogP contribution < -0.4 is 4.31 Å². The van der Waals surface area contributed by atoms with E-state index in [0.717, 1.165) is 6.54 Å². The van der Waals surface area contributed by atoms with Crippen LogP contribution in [0.25, 0.3) is 11.1 Å². The van der Waals surface area contributed by atoms with Gasteiger partial charge in [-0.2, -0.15) is 4.31 Å². The normalized spacial score (nSPS) is 20.3. The van der Waals surface area contributed by atoms with E-state index in [1.807, 2.05) is 0 Å². The van der Waals surface area contributed by atoms with Crippen molar-refractivity contribution >= 4 is 16.8 Å². The van der Waals surface area contributed by atoms with Crippen LogP contribution in [-0.2, 0) is 11.1 Å². The van der Waals surface area contributed by atoms with Gasteiger partial charge in [-0.3, -0.25) is 0 Å². The van der Waals surface area contributed by atoms with E-state index >= 15 is 0 Å². The number of nitrogens with zero attached hydrogens (tertiary/aromatic N) is 1. The van der Waals surface area contributed by atoms with Gasteiger partial charge in [0.2, 0.25) is 0 Å². The fraction of sp³-hybridized carbons (Fsp3) is 0.222. The predicted molar refractivity (Wildman–Crippen MR) is 88.1 cm³/mol. The highest BCUT2D eigenvalue weighted by molar-refractivity contribution is 7.98. The Morgan fingerprint density at radius 2 is 1.55 bits per heavy atom. The molecule has 1 atom stereocenters. The van der Waals surface area contributed by atoms with Crippen molar-refractivity contribution < 1.29 is 0 Å². The van der Waals surface area contributed by atoms with Crippen LogP contribution in [0.1, 0.15) is 13.8 Å². The molecule has 0 aliphatic carbocycles. The largest absolute Gasteiger partial charge is 0.189 e. The number of hydrogen-bond acceptors (Lipinski definition) is 1. The minimum absolute atomic E-state index is 0.186. The van der Waals surface area contributed by atoms with Crippen LogP contribution in [0, 0.1) is 0 Å².